The predicted molar refractivity (Wildman–Crippen MR) is 136 cm³/mol. The van der Waals surface area contributed by atoms with Crippen LogP contribution >= 0.6 is 0 Å². The number of carbonyl (C=O) groups excluding carboxylic acids is 2. The quantitative estimate of drug-likeness (QED) is 0.330. The van der Waals surface area contributed by atoms with Gasteiger partial charge < -0.3 is 10.2 Å². The fourth-order valence-electron chi connectivity index (χ4n) is 3.48. The van der Waals surface area contributed by atoms with Crippen molar-refractivity contribution in [3.63, 3.8) is 0 Å². The van der Waals surface area contributed by atoms with Crippen molar-refractivity contribution >= 4 is 23.6 Å². The maximum atomic E-state index is 12.9. The highest BCUT2D eigenvalue weighted by molar-refractivity contribution is 6.10. The highest BCUT2D eigenvalue weighted by Gasteiger charge is 2.16. The van der Waals surface area contributed by atoms with Crippen molar-refractivity contribution in [2.24, 2.45) is 0 Å². The van der Waals surface area contributed by atoms with E-state index < -0.39 is 5.91 Å². The van der Waals surface area contributed by atoms with Gasteiger partial charge in [0, 0.05) is 42.7 Å². The van der Waals surface area contributed by atoms with E-state index in [1.165, 1.54) is 11.0 Å². The molecule has 0 aliphatic carbocycles. The van der Waals surface area contributed by atoms with Crippen molar-refractivity contribution in [2.45, 2.75) is 0 Å². The lowest BCUT2D eigenvalue weighted by molar-refractivity contribution is -0.112. The standard InChI is InChI=1S/C28H23N5O2/c1-32(2)28(35)21-13-15-24(16-14-21)30-27(34)22(18-29)17-23-19-33(25-11-7-4-8-12-25)31-26(23)20-9-5-3-6-10-20/h3-17,19H,1-2H3,(H,30,34)/b22-17-. The molecule has 1 aromatic heterocycles. The Bertz CT molecular complexity index is 1410. The molecule has 0 radical (unpaired) electrons. The van der Waals surface area contributed by atoms with Crippen LogP contribution in [-0.2, 0) is 4.79 Å². The minimum Gasteiger partial charge on any atom is -0.345 e. The fraction of sp³-hybridized carbons (Fsp3) is 0.0714. The highest BCUT2D eigenvalue weighted by Crippen LogP contribution is 2.26. The molecule has 3 aromatic carbocycles. The molecule has 0 unspecified atom stereocenters. The summed E-state index contributed by atoms with van der Waals surface area (Å²) in [6.45, 7) is 0. The Morgan fingerprint density at radius 2 is 1.57 bits per heavy atom. The number of nitrogens with one attached hydrogen (secondary N) is 1. The van der Waals surface area contributed by atoms with Crippen LogP contribution in [0.4, 0.5) is 5.69 Å². The topological polar surface area (TPSA) is 91.0 Å². The third kappa shape index (κ3) is 5.34. The summed E-state index contributed by atoms with van der Waals surface area (Å²) in [7, 11) is 3.34. The summed E-state index contributed by atoms with van der Waals surface area (Å²) >= 11 is 0. The summed E-state index contributed by atoms with van der Waals surface area (Å²) in [6.07, 6.45) is 3.33. The SMILES string of the molecule is CN(C)C(=O)c1ccc(NC(=O)/C(C#N)=C\c2cn(-c3ccccc3)nc2-c2ccccc2)cc1. The van der Waals surface area contributed by atoms with Crippen LogP contribution in [0.5, 0.6) is 0 Å². The Morgan fingerprint density at radius 3 is 2.17 bits per heavy atom. The van der Waals surface area contributed by atoms with Crippen LogP contribution in [0, 0.1) is 11.3 Å². The minimum absolute atomic E-state index is 0.0664. The number of benzene rings is 3. The second-order valence-corrected chi connectivity index (χ2v) is 7.98. The number of hydrogen-bond donors (Lipinski definition) is 1. The number of nitrogens with zero attached hydrogens (tertiary/aromatic N) is 4. The van der Waals surface area contributed by atoms with Crippen molar-refractivity contribution in [1.82, 2.24) is 14.7 Å². The van der Waals surface area contributed by atoms with Crippen molar-refractivity contribution in [2.75, 3.05) is 19.4 Å². The highest BCUT2D eigenvalue weighted by atomic mass is 16.2. The van der Waals surface area contributed by atoms with Crippen LogP contribution in [0.1, 0.15) is 15.9 Å². The normalized spacial score (nSPS) is 10.9. The van der Waals surface area contributed by atoms with Crippen molar-refractivity contribution in [3.05, 3.63) is 108 Å². The number of nitriles is 1. The first-order chi connectivity index (χ1) is 17.0. The number of carbonyl (C=O) groups is 2. The van der Waals surface area contributed by atoms with Gasteiger partial charge in [-0.3, -0.25) is 9.59 Å². The molecule has 4 rings (SSSR count). The van der Waals surface area contributed by atoms with E-state index in [9.17, 15) is 14.9 Å². The summed E-state index contributed by atoms with van der Waals surface area (Å²) in [5, 5.41) is 17.2. The monoisotopic (exact) mass is 461 g/mol. The van der Waals surface area contributed by atoms with Crippen LogP contribution in [0.15, 0.2) is 96.7 Å². The van der Waals surface area contributed by atoms with Gasteiger partial charge in [0.05, 0.1) is 11.4 Å². The zero-order chi connectivity index (χ0) is 24.8. The second-order valence-electron chi connectivity index (χ2n) is 7.98. The molecule has 0 bridgehead atoms. The van der Waals surface area contributed by atoms with Crippen LogP contribution in [-0.4, -0.2) is 40.6 Å². The van der Waals surface area contributed by atoms with Gasteiger partial charge in [-0.2, -0.15) is 10.4 Å². The van der Waals surface area contributed by atoms with Crippen molar-refractivity contribution in [3.8, 4) is 23.0 Å². The van der Waals surface area contributed by atoms with E-state index in [-0.39, 0.29) is 11.5 Å². The van der Waals surface area contributed by atoms with Crippen molar-refractivity contribution < 1.29 is 9.59 Å². The summed E-state index contributed by atoms with van der Waals surface area (Å²) in [6, 6.07) is 27.7. The molecule has 0 saturated carbocycles. The smallest absolute Gasteiger partial charge is 0.266 e. The molecule has 0 saturated heterocycles. The van der Waals surface area contributed by atoms with Gasteiger partial charge in [-0.15, -0.1) is 0 Å². The van der Waals surface area contributed by atoms with E-state index in [0.717, 1.165) is 11.3 Å². The number of rotatable bonds is 6. The van der Waals surface area contributed by atoms with Gasteiger partial charge >= 0.3 is 0 Å². The van der Waals surface area contributed by atoms with E-state index in [0.29, 0.717) is 22.5 Å². The minimum atomic E-state index is -0.550. The molecule has 7 heteroatoms. The van der Waals surface area contributed by atoms with Gasteiger partial charge in [0.15, 0.2) is 0 Å². The number of para-hydroxylation sites is 1. The molecule has 0 fully saturated rings. The summed E-state index contributed by atoms with van der Waals surface area (Å²) < 4.78 is 1.72. The molecule has 172 valence electrons. The van der Waals surface area contributed by atoms with Gasteiger partial charge in [-0.25, -0.2) is 4.68 Å². The third-order valence-electron chi connectivity index (χ3n) is 5.27. The van der Waals surface area contributed by atoms with E-state index in [1.54, 1.807) is 49.2 Å². The molecule has 7 nitrogen and oxygen atoms in total. The largest absolute Gasteiger partial charge is 0.345 e. The molecule has 0 atom stereocenters. The van der Waals surface area contributed by atoms with Crippen LogP contribution < -0.4 is 5.32 Å². The average molecular weight is 462 g/mol. The van der Waals surface area contributed by atoms with E-state index >= 15 is 0 Å². The maximum absolute atomic E-state index is 12.9. The van der Waals surface area contributed by atoms with Gasteiger partial charge in [0.25, 0.3) is 11.8 Å². The number of aromatic nitrogens is 2. The summed E-state index contributed by atoms with van der Waals surface area (Å²) in [5.41, 5.74) is 3.94. The Labute approximate surface area is 203 Å². The van der Waals surface area contributed by atoms with E-state index in [4.69, 9.17) is 5.10 Å². The third-order valence-corrected chi connectivity index (χ3v) is 5.27. The molecule has 0 aliphatic heterocycles. The van der Waals surface area contributed by atoms with Gasteiger partial charge in [-0.1, -0.05) is 48.5 Å². The second kappa shape index (κ2) is 10.3. The summed E-state index contributed by atoms with van der Waals surface area (Å²) in [5.74, 6) is -0.685. The molecule has 4 aromatic rings. The fourth-order valence-corrected chi connectivity index (χ4v) is 3.48. The van der Waals surface area contributed by atoms with Crippen LogP contribution in [0.2, 0.25) is 0 Å². The lowest BCUT2D eigenvalue weighted by Crippen LogP contribution is -2.21. The lowest BCUT2D eigenvalue weighted by Gasteiger charge is -2.10. The molecule has 0 aliphatic rings. The maximum Gasteiger partial charge on any atom is 0.266 e. The zero-order valence-corrected chi connectivity index (χ0v) is 19.3. The molecule has 35 heavy (non-hydrogen) atoms. The Hall–Kier alpha value is -4.96. The predicted octanol–water partition coefficient (Wildman–Crippen LogP) is 4.79. The van der Waals surface area contributed by atoms with Gasteiger partial charge in [0.2, 0.25) is 0 Å². The lowest BCUT2D eigenvalue weighted by atomic mass is 10.1. The molecule has 1 N–H and O–H groups in total. The van der Waals surface area contributed by atoms with E-state index in [2.05, 4.69) is 5.32 Å². The molecular weight excluding hydrogens is 438 g/mol. The number of anilines is 1. The summed E-state index contributed by atoms with van der Waals surface area (Å²) in [4.78, 5) is 26.4. The molecule has 1 heterocycles. The zero-order valence-electron chi connectivity index (χ0n) is 19.3. The Balaban J connectivity index is 1.65. The first-order valence-corrected chi connectivity index (χ1v) is 10.9. The Morgan fingerprint density at radius 1 is 0.943 bits per heavy atom. The first kappa shape index (κ1) is 23.2. The molecule has 2 amide bonds. The van der Waals surface area contributed by atoms with Crippen molar-refractivity contribution in [1.29, 1.82) is 5.26 Å². The first-order valence-electron chi connectivity index (χ1n) is 10.9. The van der Waals surface area contributed by atoms with Crippen LogP contribution in [0.25, 0.3) is 23.0 Å². The molecular formula is C28H23N5O2. The van der Waals surface area contributed by atoms with Crippen LogP contribution in [0.3, 0.4) is 0 Å². The average Bonchev–Trinajstić information content (AvgIpc) is 3.32. The number of hydrogen-bond acceptors (Lipinski definition) is 4. The van der Waals surface area contributed by atoms with E-state index in [1.807, 2.05) is 66.7 Å². The van der Waals surface area contributed by atoms with Gasteiger partial charge in [-0.05, 0) is 42.5 Å². The van der Waals surface area contributed by atoms with Gasteiger partial charge in [0.1, 0.15) is 11.6 Å². The Kier molecular flexibility index (Phi) is 6.84. The number of amides is 2. The molecule has 0 spiro atoms.